The van der Waals surface area contributed by atoms with Gasteiger partial charge in [-0.3, -0.25) is 14.9 Å². The zero-order valence-corrected chi connectivity index (χ0v) is 17.2. The summed E-state index contributed by atoms with van der Waals surface area (Å²) in [6.45, 7) is 5.56. The first kappa shape index (κ1) is 22.4. The van der Waals surface area contributed by atoms with E-state index in [9.17, 15) is 19.7 Å². The molecule has 0 saturated heterocycles. The lowest BCUT2D eigenvalue weighted by Gasteiger charge is -2.15. The van der Waals surface area contributed by atoms with E-state index in [1.165, 1.54) is 11.6 Å². The summed E-state index contributed by atoms with van der Waals surface area (Å²) in [5, 5.41) is 13.9. The standard InChI is InChI=1S/C21H23ClN2O5/c1-13(2)10-15-4-6-16(7-5-15)14(3)23-20(25)12-29-21(26)18-11-17(22)8-9-19(18)24(27)28/h4-9,11,13-14H,10,12H2,1-3H3,(H,23,25)/t14-/m1/s1. The molecule has 0 heterocycles. The molecule has 7 nitrogen and oxygen atoms in total. The summed E-state index contributed by atoms with van der Waals surface area (Å²) in [7, 11) is 0. The maximum atomic E-state index is 12.1. The van der Waals surface area contributed by atoms with Gasteiger partial charge in [-0.25, -0.2) is 4.79 Å². The van der Waals surface area contributed by atoms with E-state index in [0.29, 0.717) is 5.92 Å². The second-order valence-corrected chi connectivity index (χ2v) is 7.56. The van der Waals surface area contributed by atoms with Crippen molar-refractivity contribution >= 4 is 29.2 Å². The van der Waals surface area contributed by atoms with Crippen LogP contribution in [-0.4, -0.2) is 23.4 Å². The van der Waals surface area contributed by atoms with Crippen molar-refractivity contribution in [1.82, 2.24) is 5.32 Å². The Bertz CT molecular complexity index is 896. The summed E-state index contributed by atoms with van der Waals surface area (Å²) in [6.07, 6.45) is 0.979. The van der Waals surface area contributed by atoms with Gasteiger partial charge in [0.15, 0.2) is 6.61 Å². The Morgan fingerprint density at radius 1 is 1.14 bits per heavy atom. The molecule has 1 amide bonds. The van der Waals surface area contributed by atoms with Gasteiger partial charge in [0.1, 0.15) is 5.56 Å². The van der Waals surface area contributed by atoms with Crippen LogP contribution in [0.3, 0.4) is 0 Å². The summed E-state index contributed by atoms with van der Waals surface area (Å²) in [4.78, 5) is 34.6. The van der Waals surface area contributed by atoms with E-state index in [2.05, 4.69) is 19.2 Å². The number of halogens is 1. The van der Waals surface area contributed by atoms with Crippen LogP contribution in [0.25, 0.3) is 0 Å². The molecular weight excluding hydrogens is 396 g/mol. The third kappa shape index (κ3) is 6.57. The molecule has 0 aliphatic heterocycles. The molecule has 0 radical (unpaired) electrons. The summed E-state index contributed by atoms with van der Waals surface area (Å²) in [6, 6.07) is 11.2. The average molecular weight is 419 g/mol. The number of carbonyl (C=O) groups excluding carboxylic acids is 2. The van der Waals surface area contributed by atoms with Gasteiger partial charge in [-0.15, -0.1) is 0 Å². The second kappa shape index (κ2) is 10.0. The molecule has 2 aromatic carbocycles. The second-order valence-electron chi connectivity index (χ2n) is 7.12. The molecule has 0 unspecified atom stereocenters. The van der Waals surface area contributed by atoms with Gasteiger partial charge in [0.2, 0.25) is 0 Å². The van der Waals surface area contributed by atoms with Gasteiger partial charge in [0.05, 0.1) is 11.0 Å². The van der Waals surface area contributed by atoms with Crippen LogP contribution in [-0.2, 0) is 16.0 Å². The molecule has 0 fully saturated rings. The summed E-state index contributed by atoms with van der Waals surface area (Å²) >= 11 is 5.79. The minimum absolute atomic E-state index is 0.154. The van der Waals surface area contributed by atoms with Crippen LogP contribution < -0.4 is 5.32 Å². The molecule has 1 atom stereocenters. The van der Waals surface area contributed by atoms with E-state index in [0.717, 1.165) is 24.1 Å². The summed E-state index contributed by atoms with van der Waals surface area (Å²) < 4.78 is 4.92. The Morgan fingerprint density at radius 3 is 2.38 bits per heavy atom. The molecular formula is C21H23ClN2O5. The minimum atomic E-state index is -0.986. The van der Waals surface area contributed by atoms with E-state index in [4.69, 9.17) is 16.3 Å². The maximum absolute atomic E-state index is 12.1. The fraction of sp³-hybridized carbons (Fsp3) is 0.333. The molecule has 2 aromatic rings. The van der Waals surface area contributed by atoms with Crippen molar-refractivity contribution in [3.05, 3.63) is 74.3 Å². The smallest absolute Gasteiger partial charge is 0.345 e. The summed E-state index contributed by atoms with van der Waals surface area (Å²) in [5.41, 5.74) is 1.40. The molecule has 0 aliphatic rings. The van der Waals surface area contributed by atoms with E-state index < -0.39 is 29.1 Å². The van der Waals surface area contributed by atoms with Gasteiger partial charge in [-0.2, -0.15) is 0 Å². The molecule has 0 saturated carbocycles. The number of nitro groups is 1. The van der Waals surface area contributed by atoms with E-state index in [-0.39, 0.29) is 16.6 Å². The number of nitrogens with one attached hydrogen (secondary N) is 1. The molecule has 8 heteroatoms. The summed E-state index contributed by atoms with van der Waals surface area (Å²) in [5.74, 6) is -0.940. The minimum Gasteiger partial charge on any atom is -0.452 e. The van der Waals surface area contributed by atoms with Gasteiger partial charge in [-0.1, -0.05) is 49.7 Å². The molecule has 154 valence electrons. The number of hydrogen-bond donors (Lipinski definition) is 1. The topological polar surface area (TPSA) is 98.5 Å². The van der Waals surface area contributed by atoms with Gasteiger partial charge in [-0.05, 0) is 42.5 Å². The highest BCUT2D eigenvalue weighted by atomic mass is 35.5. The lowest BCUT2D eigenvalue weighted by atomic mass is 10.00. The van der Waals surface area contributed by atoms with Crippen molar-refractivity contribution in [2.75, 3.05) is 6.61 Å². The first-order chi connectivity index (χ1) is 13.7. The highest BCUT2D eigenvalue weighted by Crippen LogP contribution is 2.23. The number of esters is 1. The average Bonchev–Trinajstić information content (AvgIpc) is 2.65. The highest BCUT2D eigenvalue weighted by Gasteiger charge is 2.23. The first-order valence-corrected chi connectivity index (χ1v) is 9.54. The van der Waals surface area contributed by atoms with Gasteiger partial charge in [0, 0.05) is 11.1 Å². The van der Waals surface area contributed by atoms with Crippen LogP contribution in [0.4, 0.5) is 5.69 Å². The molecule has 1 N–H and O–H groups in total. The number of carbonyl (C=O) groups is 2. The number of amides is 1. The van der Waals surface area contributed by atoms with Gasteiger partial charge >= 0.3 is 5.97 Å². The molecule has 2 rings (SSSR count). The van der Waals surface area contributed by atoms with Crippen LogP contribution in [0, 0.1) is 16.0 Å². The number of benzene rings is 2. The lowest BCUT2D eigenvalue weighted by molar-refractivity contribution is -0.385. The Balaban J connectivity index is 1.93. The Labute approximate surface area is 174 Å². The number of ether oxygens (including phenoxy) is 1. The largest absolute Gasteiger partial charge is 0.452 e. The van der Waals surface area contributed by atoms with E-state index in [1.54, 1.807) is 0 Å². The van der Waals surface area contributed by atoms with Gasteiger partial charge < -0.3 is 10.1 Å². The monoisotopic (exact) mass is 418 g/mol. The molecule has 0 spiro atoms. The van der Waals surface area contributed by atoms with E-state index >= 15 is 0 Å². The fourth-order valence-corrected chi connectivity index (χ4v) is 2.99. The van der Waals surface area contributed by atoms with E-state index in [1.807, 2.05) is 31.2 Å². The van der Waals surface area contributed by atoms with Crippen molar-refractivity contribution in [3.63, 3.8) is 0 Å². The Kier molecular flexibility index (Phi) is 7.73. The molecule has 0 aromatic heterocycles. The normalized spacial score (nSPS) is 11.8. The third-order valence-corrected chi connectivity index (χ3v) is 4.45. The number of rotatable bonds is 8. The SMILES string of the molecule is CC(C)Cc1ccc([C@@H](C)NC(=O)COC(=O)c2cc(Cl)ccc2[N+](=O)[O-])cc1. The highest BCUT2D eigenvalue weighted by molar-refractivity contribution is 6.31. The first-order valence-electron chi connectivity index (χ1n) is 9.16. The number of nitrogens with zero attached hydrogens (tertiary/aromatic N) is 1. The lowest BCUT2D eigenvalue weighted by Crippen LogP contribution is -2.31. The van der Waals surface area contributed by atoms with Crippen molar-refractivity contribution in [2.45, 2.75) is 33.2 Å². The Hall–Kier alpha value is -2.93. The fourth-order valence-electron chi connectivity index (χ4n) is 2.82. The predicted octanol–water partition coefficient (Wildman–Crippen LogP) is 4.48. The zero-order valence-electron chi connectivity index (χ0n) is 16.5. The van der Waals surface area contributed by atoms with Gasteiger partial charge in [0.25, 0.3) is 11.6 Å². The molecule has 0 bridgehead atoms. The van der Waals surface area contributed by atoms with Crippen molar-refractivity contribution in [1.29, 1.82) is 0 Å². The maximum Gasteiger partial charge on any atom is 0.345 e. The predicted molar refractivity (Wildman–Crippen MR) is 110 cm³/mol. The van der Waals surface area contributed by atoms with Crippen LogP contribution in [0.2, 0.25) is 5.02 Å². The van der Waals surface area contributed by atoms with Crippen LogP contribution in [0.1, 0.15) is 48.3 Å². The van der Waals surface area contributed by atoms with Crippen molar-refractivity contribution in [2.24, 2.45) is 5.92 Å². The quantitative estimate of drug-likeness (QED) is 0.387. The molecule has 29 heavy (non-hydrogen) atoms. The zero-order chi connectivity index (χ0) is 21.6. The number of hydrogen-bond acceptors (Lipinski definition) is 5. The van der Waals surface area contributed by atoms with Crippen LogP contribution >= 0.6 is 11.6 Å². The van der Waals surface area contributed by atoms with Crippen molar-refractivity contribution < 1.29 is 19.2 Å². The third-order valence-electron chi connectivity index (χ3n) is 4.21. The van der Waals surface area contributed by atoms with Crippen LogP contribution in [0.15, 0.2) is 42.5 Å². The Morgan fingerprint density at radius 2 is 1.79 bits per heavy atom. The number of nitro benzene ring substituents is 1. The molecule has 0 aliphatic carbocycles. The van der Waals surface area contributed by atoms with Crippen molar-refractivity contribution in [3.8, 4) is 0 Å². The van der Waals surface area contributed by atoms with Crippen LogP contribution in [0.5, 0.6) is 0 Å².